The summed E-state index contributed by atoms with van der Waals surface area (Å²) in [6.07, 6.45) is 1.14. The van der Waals surface area contributed by atoms with Crippen molar-refractivity contribution in [3.8, 4) is 0 Å². The molecule has 2 saturated heterocycles. The molecule has 1 amide bonds. The maximum Gasteiger partial charge on any atom is 0.248 e. The maximum atomic E-state index is 12.0. The molecule has 1 aromatic rings. The van der Waals surface area contributed by atoms with E-state index in [-0.39, 0.29) is 28.7 Å². The fraction of sp³-hybridized carbons (Fsp3) is 0.500. The monoisotopic (exact) mass is 386 g/mol. The number of amides is 1. The number of hydrogen-bond acceptors (Lipinski definition) is 4. The molecule has 0 aromatic heterocycles. The Balaban J connectivity index is 1.90. The maximum absolute atomic E-state index is 12.0. The van der Waals surface area contributed by atoms with Crippen LogP contribution in [-0.4, -0.2) is 47.2 Å². The summed E-state index contributed by atoms with van der Waals surface area (Å²) in [7, 11) is -3.04. The van der Waals surface area contributed by atoms with Gasteiger partial charge in [-0.1, -0.05) is 48.5 Å². The molecule has 2 unspecified atom stereocenters. The van der Waals surface area contributed by atoms with Gasteiger partial charge in [0.15, 0.2) is 15.0 Å². The van der Waals surface area contributed by atoms with E-state index in [1.165, 1.54) is 11.8 Å². The van der Waals surface area contributed by atoms with Gasteiger partial charge in [0.1, 0.15) is 0 Å². The number of nitrogens with zero attached hydrogens (tertiary/aromatic N) is 2. The molecule has 2 heterocycles. The van der Waals surface area contributed by atoms with E-state index in [0.29, 0.717) is 23.2 Å². The fourth-order valence-corrected chi connectivity index (χ4v) is 7.17. The molecule has 8 heteroatoms. The number of rotatable bonds is 4. The molecule has 2 atom stereocenters. The number of halogens is 1. The Labute approximate surface area is 151 Å². The van der Waals surface area contributed by atoms with Gasteiger partial charge < -0.3 is 4.90 Å². The summed E-state index contributed by atoms with van der Waals surface area (Å²) in [4.78, 5) is 18.1. The SMILES string of the molecule is CCCC(=O)N=C1SC2CS(=O)(=O)CC2N1Cc1ccccc1Cl. The first-order valence-electron chi connectivity index (χ1n) is 7.88. The number of carbonyl (C=O) groups excluding carboxylic acids is 1. The minimum Gasteiger partial charge on any atom is -0.342 e. The summed E-state index contributed by atoms with van der Waals surface area (Å²) in [5.74, 6) is 0.0883. The van der Waals surface area contributed by atoms with Crippen molar-refractivity contribution in [2.45, 2.75) is 37.6 Å². The smallest absolute Gasteiger partial charge is 0.248 e. The molecule has 0 N–H and O–H groups in total. The highest BCUT2D eigenvalue weighted by atomic mass is 35.5. The van der Waals surface area contributed by atoms with Crippen LogP contribution in [0.5, 0.6) is 0 Å². The molecule has 0 radical (unpaired) electrons. The van der Waals surface area contributed by atoms with Crippen molar-refractivity contribution in [1.29, 1.82) is 0 Å². The molecule has 3 rings (SSSR count). The summed E-state index contributed by atoms with van der Waals surface area (Å²) in [6, 6.07) is 7.32. The second-order valence-electron chi connectivity index (χ2n) is 6.06. The van der Waals surface area contributed by atoms with Crippen molar-refractivity contribution in [3.63, 3.8) is 0 Å². The lowest BCUT2D eigenvalue weighted by Gasteiger charge is -2.24. The van der Waals surface area contributed by atoms with Crippen LogP contribution in [0.15, 0.2) is 29.3 Å². The lowest BCUT2D eigenvalue weighted by molar-refractivity contribution is -0.117. The molecule has 0 saturated carbocycles. The molecule has 130 valence electrons. The lowest BCUT2D eigenvalue weighted by atomic mass is 10.1. The quantitative estimate of drug-likeness (QED) is 0.795. The number of fused-ring (bicyclic) bond motifs is 1. The van der Waals surface area contributed by atoms with E-state index >= 15 is 0 Å². The van der Waals surface area contributed by atoms with Crippen molar-refractivity contribution in [3.05, 3.63) is 34.9 Å². The molecule has 0 aliphatic carbocycles. The highest BCUT2D eigenvalue weighted by Crippen LogP contribution is 2.39. The summed E-state index contributed by atoms with van der Waals surface area (Å²) in [6.45, 7) is 2.39. The molecule has 2 fully saturated rings. The van der Waals surface area contributed by atoms with Crippen LogP contribution in [0.25, 0.3) is 0 Å². The second kappa shape index (κ2) is 7.06. The van der Waals surface area contributed by atoms with E-state index in [4.69, 9.17) is 11.6 Å². The zero-order chi connectivity index (χ0) is 17.3. The minimum atomic E-state index is -3.04. The zero-order valence-electron chi connectivity index (χ0n) is 13.3. The molecule has 1 aromatic carbocycles. The van der Waals surface area contributed by atoms with Gasteiger partial charge in [-0.2, -0.15) is 4.99 Å². The third-order valence-electron chi connectivity index (χ3n) is 4.16. The van der Waals surface area contributed by atoms with E-state index in [9.17, 15) is 13.2 Å². The van der Waals surface area contributed by atoms with Crippen LogP contribution in [0, 0.1) is 0 Å². The van der Waals surface area contributed by atoms with E-state index in [0.717, 1.165) is 12.0 Å². The number of aliphatic imine (C=N–C) groups is 1. The summed E-state index contributed by atoms with van der Waals surface area (Å²) in [5, 5.41) is 1.19. The number of carbonyl (C=O) groups is 1. The van der Waals surface area contributed by atoms with Gasteiger partial charge >= 0.3 is 0 Å². The van der Waals surface area contributed by atoms with Crippen LogP contribution >= 0.6 is 23.4 Å². The number of hydrogen-bond donors (Lipinski definition) is 0. The van der Waals surface area contributed by atoms with E-state index in [1.807, 2.05) is 36.1 Å². The molecular weight excluding hydrogens is 368 g/mol. The average molecular weight is 387 g/mol. The van der Waals surface area contributed by atoms with Gasteiger partial charge in [0.05, 0.1) is 17.5 Å². The van der Waals surface area contributed by atoms with Crippen molar-refractivity contribution >= 4 is 44.3 Å². The first kappa shape index (κ1) is 17.8. The Morgan fingerprint density at radius 1 is 1.38 bits per heavy atom. The molecule has 0 bridgehead atoms. The van der Waals surface area contributed by atoms with Gasteiger partial charge in [0, 0.05) is 23.2 Å². The lowest BCUT2D eigenvalue weighted by Crippen LogP contribution is -2.37. The summed E-state index contributed by atoms with van der Waals surface area (Å²) in [5.41, 5.74) is 0.903. The highest BCUT2D eigenvalue weighted by Gasteiger charge is 2.48. The third-order valence-corrected chi connectivity index (χ3v) is 7.77. The van der Waals surface area contributed by atoms with Crippen molar-refractivity contribution < 1.29 is 13.2 Å². The number of thioether (sulfide) groups is 1. The van der Waals surface area contributed by atoms with Gasteiger partial charge in [-0.15, -0.1) is 0 Å². The van der Waals surface area contributed by atoms with Crippen molar-refractivity contribution in [1.82, 2.24) is 4.90 Å². The fourth-order valence-electron chi connectivity index (χ4n) is 3.01. The normalized spacial score (nSPS) is 26.8. The Kier molecular flexibility index (Phi) is 5.22. The van der Waals surface area contributed by atoms with E-state index in [1.54, 1.807) is 0 Å². The van der Waals surface area contributed by atoms with Gasteiger partial charge in [-0.05, 0) is 18.1 Å². The largest absolute Gasteiger partial charge is 0.342 e. The van der Waals surface area contributed by atoms with Crippen LogP contribution in [0.2, 0.25) is 5.02 Å². The third kappa shape index (κ3) is 3.78. The standard InChI is InChI=1S/C16H19ClN2O3S2/c1-2-5-15(20)18-16-19(8-11-6-3-4-7-12(11)17)13-9-24(21,22)10-14(13)23-16/h3-4,6-7,13-14H,2,5,8-10H2,1H3. The minimum absolute atomic E-state index is 0.0642. The Morgan fingerprint density at radius 2 is 2.12 bits per heavy atom. The average Bonchev–Trinajstić information content (AvgIpc) is 2.94. The van der Waals surface area contributed by atoms with Crippen LogP contribution < -0.4 is 0 Å². The molecule has 24 heavy (non-hydrogen) atoms. The van der Waals surface area contributed by atoms with Crippen LogP contribution in [0.3, 0.4) is 0 Å². The number of amidine groups is 1. The first-order chi connectivity index (χ1) is 11.4. The van der Waals surface area contributed by atoms with Crippen molar-refractivity contribution in [2.24, 2.45) is 4.99 Å². The molecule has 0 spiro atoms. The Morgan fingerprint density at radius 3 is 2.83 bits per heavy atom. The Hall–Kier alpha value is -1.05. The first-order valence-corrected chi connectivity index (χ1v) is 11.0. The second-order valence-corrected chi connectivity index (χ2v) is 9.83. The highest BCUT2D eigenvalue weighted by molar-refractivity contribution is 8.15. The van der Waals surface area contributed by atoms with Crippen LogP contribution in [0.4, 0.5) is 0 Å². The Bertz CT molecular complexity index is 779. The van der Waals surface area contributed by atoms with Crippen molar-refractivity contribution in [2.75, 3.05) is 11.5 Å². The number of benzene rings is 1. The predicted molar refractivity (Wildman–Crippen MR) is 98.2 cm³/mol. The summed E-state index contributed by atoms with van der Waals surface area (Å²) < 4.78 is 23.9. The van der Waals surface area contributed by atoms with E-state index < -0.39 is 9.84 Å². The topological polar surface area (TPSA) is 66.8 Å². The van der Waals surface area contributed by atoms with Gasteiger partial charge in [-0.25, -0.2) is 8.42 Å². The summed E-state index contributed by atoms with van der Waals surface area (Å²) >= 11 is 7.65. The number of sulfone groups is 1. The van der Waals surface area contributed by atoms with Gasteiger partial charge in [0.25, 0.3) is 0 Å². The molecular formula is C16H19ClN2O3S2. The van der Waals surface area contributed by atoms with Crippen LogP contribution in [-0.2, 0) is 21.2 Å². The van der Waals surface area contributed by atoms with Gasteiger partial charge in [0.2, 0.25) is 5.91 Å². The zero-order valence-corrected chi connectivity index (χ0v) is 15.7. The van der Waals surface area contributed by atoms with Crippen LogP contribution in [0.1, 0.15) is 25.3 Å². The molecule has 5 nitrogen and oxygen atoms in total. The van der Waals surface area contributed by atoms with Gasteiger partial charge in [-0.3, -0.25) is 4.79 Å². The molecule has 2 aliphatic rings. The predicted octanol–water partition coefficient (Wildman–Crippen LogP) is 2.74. The van der Waals surface area contributed by atoms with E-state index in [2.05, 4.69) is 4.99 Å². The molecule has 2 aliphatic heterocycles.